The molecule has 1 saturated carbocycles. The summed E-state index contributed by atoms with van der Waals surface area (Å²) in [5, 5.41) is -3.86. The van der Waals surface area contributed by atoms with Crippen molar-refractivity contribution in [1.82, 2.24) is 0 Å². The molecule has 0 spiro atoms. The van der Waals surface area contributed by atoms with Crippen molar-refractivity contribution in [3.63, 3.8) is 0 Å². The van der Waals surface area contributed by atoms with Crippen molar-refractivity contribution in [2.45, 2.75) is 69.6 Å². The minimum Gasteiger partial charge on any atom is -0.286 e. The molecule has 0 heterocycles. The Labute approximate surface area is 177 Å². The largest absolute Gasteiger partial charge is 0.384 e. The van der Waals surface area contributed by atoms with Gasteiger partial charge in [0.15, 0.2) is 0 Å². The maximum absolute atomic E-state index is 13.0. The fourth-order valence-electron chi connectivity index (χ4n) is 4.39. The van der Waals surface area contributed by atoms with E-state index in [0.29, 0.717) is 5.92 Å². The van der Waals surface area contributed by atoms with Crippen LogP contribution in [0.15, 0.2) is 48.5 Å². The highest BCUT2D eigenvalue weighted by molar-refractivity contribution is 6.35. The Kier molecular flexibility index (Phi) is 7.45. The van der Waals surface area contributed by atoms with Crippen molar-refractivity contribution in [2.75, 3.05) is 0 Å². The van der Waals surface area contributed by atoms with Crippen molar-refractivity contribution >= 4 is 17.4 Å². The molecular weight excluding hydrogens is 390 g/mol. The molecule has 29 heavy (non-hydrogen) atoms. The first-order valence-corrected chi connectivity index (χ1v) is 11.1. The van der Waals surface area contributed by atoms with Crippen molar-refractivity contribution in [3.8, 4) is 11.1 Å². The Morgan fingerprint density at radius 2 is 1.48 bits per heavy atom. The van der Waals surface area contributed by atoms with Gasteiger partial charge in [-0.05, 0) is 65.8 Å². The minimum atomic E-state index is -3.86. The summed E-state index contributed by atoms with van der Waals surface area (Å²) in [5.74, 6) is 0.169. The Morgan fingerprint density at radius 1 is 0.931 bits per heavy atom. The number of carbonyl (C=O) groups excluding carboxylic acids is 1. The van der Waals surface area contributed by atoms with Crippen LogP contribution in [0, 0.1) is 5.92 Å². The predicted octanol–water partition coefficient (Wildman–Crippen LogP) is 8.22. The summed E-state index contributed by atoms with van der Waals surface area (Å²) in [7, 11) is 0. The summed E-state index contributed by atoms with van der Waals surface area (Å²) in [6.07, 6.45) is 10.6. The van der Waals surface area contributed by atoms with Gasteiger partial charge in [0.25, 0.3) is 0 Å². The van der Waals surface area contributed by atoms with Crippen LogP contribution in [0.5, 0.6) is 0 Å². The highest BCUT2D eigenvalue weighted by Gasteiger charge is 2.36. The fourth-order valence-corrected chi connectivity index (χ4v) is 4.50. The third-order valence-corrected chi connectivity index (χ3v) is 6.35. The zero-order chi connectivity index (χ0) is 20.9. The summed E-state index contributed by atoms with van der Waals surface area (Å²) in [4.78, 5) is 11.5. The average molecular weight is 419 g/mol. The molecule has 2 aromatic rings. The number of hydrogen-bond acceptors (Lipinski definition) is 1. The van der Waals surface area contributed by atoms with Gasteiger partial charge in [-0.25, -0.2) is 0 Å². The number of ketones is 1. The van der Waals surface area contributed by atoms with Crippen molar-refractivity contribution in [2.24, 2.45) is 5.92 Å². The van der Waals surface area contributed by atoms with Crippen LogP contribution in [0.2, 0.25) is 0 Å². The van der Waals surface area contributed by atoms with Crippen molar-refractivity contribution < 1.29 is 13.6 Å². The van der Waals surface area contributed by atoms with Gasteiger partial charge in [-0.15, -0.1) is 0 Å². The standard InChI is InChI=1S/C25H29ClF2O/c1-2-3-4-5-18-6-8-19(9-7-18)20-10-12-21(13-11-20)22-14-16-23(17-15-22)24(29)25(26,27)28/h10-19H,2-9H2,1H3. The number of unbranched alkanes of at least 4 members (excludes halogenated alkanes) is 2. The molecule has 0 aromatic heterocycles. The number of Topliss-reactive ketones (excluding diaryl/α,β-unsaturated/α-hetero) is 1. The summed E-state index contributed by atoms with van der Waals surface area (Å²) < 4.78 is 25.9. The lowest BCUT2D eigenvalue weighted by molar-refractivity contribution is 0.0536. The van der Waals surface area contributed by atoms with Crippen LogP contribution in [0.4, 0.5) is 8.78 Å². The van der Waals surface area contributed by atoms with Gasteiger partial charge in [0.05, 0.1) is 0 Å². The zero-order valence-electron chi connectivity index (χ0n) is 17.0. The van der Waals surface area contributed by atoms with E-state index in [1.54, 1.807) is 12.1 Å². The van der Waals surface area contributed by atoms with E-state index in [1.807, 2.05) is 0 Å². The van der Waals surface area contributed by atoms with E-state index in [0.717, 1.165) is 17.0 Å². The van der Waals surface area contributed by atoms with Crippen LogP contribution in [-0.4, -0.2) is 11.2 Å². The highest BCUT2D eigenvalue weighted by atomic mass is 35.5. The van der Waals surface area contributed by atoms with Gasteiger partial charge in [-0.1, -0.05) is 81.1 Å². The summed E-state index contributed by atoms with van der Waals surface area (Å²) in [6, 6.07) is 14.7. The lowest BCUT2D eigenvalue weighted by Gasteiger charge is -2.29. The predicted molar refractivity (Wildman–Crippen MR) is 116 cm³/mol. The topological polar surface area (TPSA) is 17.1 Å². The first kappa shape index (κ1) is 22.0. The molecule has 0 unspecified atom stereocenters. The highest BCUT2D eigenvalue weighted by Crippen LogP contribution is 2.38. The number of alkyl halides is 3. The van der Waals surface area contributed by atoms with Gasteiger partial charge in [0, 0.05) is 5.56 Å². The van der Waals surface area contributed by atoms with Crippen molar-refractivity contribution in [3.05, 3.63) is 59.7 Å². The summed E-state index contributed by atoms with van der Waals surface area (Å²) >= 11 is 4.82. The van der Waals surface area contributed by atoms with Crippen LogP contribution in [0.25, 0.3) is 11.1 Å². The SMILES string of the molecule is CCCCCC1CCC(c2ccc(-c3ccc(C(=O)C(F)(F)Cl)cc3)cc2)CC1. The molecule has 0 atom stereocenters. The Balaban J connectivity index is 1.59. The lowest BCUT2D eigenvalue weighted by atomic mass is 9.77. The van der Waals surface area contributed by atoms with Gasteiger partial charge < -0.3 is 0 Å². The monoisotopic (exact) mass is 418 g/mol. The normalized spacial score (nSPS) is 19.9. The Morgan fingerprint density at radius 3 is 2.00 bits per heavy atom. The van der Waals surface area contributed by atoms with Crippen molar-refractivity contribution in [1.29, 1.82) is 0 Å². The number of rotatable bonds is 8. The fraction of sp³-hybridized carbons (Fsp3) is 0.480. The minimum absolute atomic E-state index is 0.0823. The van der Waals surface area contributed by atoms with Gasteiger partial charge >= 0.3 is 5.38 Å². The smallest absolute Gasteiger partial charge is 0.286 e. The number of halogens is 3. The second-order valence-electron chi connectivity index (χ2n) is 8.24. The number of benzene rings is 2. The molecule has 1 nitrogen and oxygen atoms in total. The van der Waals surface area contributed by atoms with E-state index >= 15 is 0 Å². The van der Waals surface area contributed by atoms with E-state index in [2.05, 4.69) is 31.2 Å². The molecule has 0 radical (unpaired) electrons. The Bertz CT molecular complexity index is 785. The maximum atomic E-state index is 13.0. The van der Waals surface area contributed by atoms with Gasteiger partial charge in [0.1, 0.15) is 0 Å². The second kappa shape index (κ2) is 9.84. The molecule has 4 heteroatoms. The van der Waals surface area contributed by atoms with Crippen LogP contribution in [0.3, 0.4) is 0 Å². The third-order valence-electron chi connectivity index (χ3n) is 6.18. The molecule has 1 aliphatic rings. The van der Waals surface area contributed by atoms with Crippen LogP contribution in [0.1, 0.15) is 80.1 Å². The van der Waals surface area contributed by atoms with Crippen LogP contribution >= 0.6 is 11.6 Å². The number of hydrogen-bond donors (Lipinski definition) is 0. The molecule has 0 saturated heterocycles. The second-order valence-corrected chi connectivity index (χ2v) is 8.71. The van der Waals surface area contributed by atoms with Crippen LogP contribution in [-0.2, 0) is 0 Å². The van der Waals surface area contributed by atoms with Crippen LogP contribution < -0.4 is 0 Å². The number of carbonyl (C=O) groups is 1. The zero-order valence-corrected chi connectivity index (χ0v) is 17.7. The molecule has 0 N–H and O–H groups in total. The first-order valence-electron chi connectivity index (χ1n) is 10.7. The quantitative estimate of drug-likeness (QED) is 0.239. The lowest BCUT2D eigenvalue weighted by Crippen LogP contribution is -2.21. The van der Waals surface area contributed by atoms with Gasteiger partial charge in [-0.3, -0.25) is 4.79 Å². The van der Waals surface area contributed by atoms with E-state index in [4.69, 9.17) is 11.6 Å². The molecule has 1 fully saturated rings. The summed E-state index contributed by atoms with van der Waals surface area (Å²) in [5.41, 5.74) is 3.21. The van der Waals surface area contributed by atoms with E-state index in [9.17, 15) is 13.6 Å². The van der Waals surface area contributed by atoms with E-state index in [1.165, 1.54) is 69.1 Å². The Hall–Kier alpha value is -1.74. The molecule has 0 amide bonds. The average Bonchev–Trinajstić information content (AvgIpc) is 2.73. The third kappa shape index (κ3) is 5.88. The molecule has 2 aromatic carbocycles. The molecular formula is C25H29ClF2O. The van der Waals surface area contributed by atoms with E-state index in [-0.39, 0.29) is 5.56 Å². The van der Waals surface area contributed by atoms with E-state index < -0.39 is 11.2 Å². The molecule has 3 rings (SSSR count). The molecule has 1 aliphatic carbocycles. The molecule has 156 valence electrons. The molecule has 0 bridgehead atoms. The summed E-state index contributed by atoms with van der Waals surface area (Å²) in [6.45, 7) is 2.26. The first-order chi connectivity index (χ1) is 13.9. The maximum Gasteiger partial charge on any atom is 0.384 e. The van der Waals surface area contributed by atoms with Gasteiger partial charge in [0.2, 0.25) is 5.78 Å². The molecule has 0 aliphatic heterocycles. The van der Waals surface area contributed by atoms with Gasteiger partial charge in [-0.2, -0.15) is 8.78 Å².